The van der Waals surface area contributed by atoms with Crippen LogP contribution in [-0.4, -0.2) is 18.1 Å². The number of hydrogen-bond acceptors (Lipinski definition) is 3. The van der Waals surface area contributed by atoms with E-state index in [1.165, 1.54) is 4.90 Å². The molecule has 1 N–H and O–H groups in total. The normalized spacial score (nSPS) is 15.9. The van der Waals surface area contributed by atoms with E-state index in [0.717, 1.165) is 10.0 Å². The maximum absolute atomic E-state index is 12.7. The van der Waals surface area contributed by atoms with Crippen LogP contribution in [0.15, 0.2) is 58.7 Å². The second-order valence-corrected chi connectivity index (χ2v) is 6.06. The quantitative estimate of drug-likeness (QED) is 0.642. The molecule has 2 aromatic carbocycles. The Kier molecular flexibility index (Phi) is 4.45. The molecule has 1 amide bonds. The average Bonchev–Trinajstić information content (AvgIpc) is 2.83. The van der Waals surface area contributed by atoms with Crippen molar-refractivity contribution < 1.29 is 9.53 Å². The molecule has 23 heavy (non-hydrogen) atoms. The average molecular weight is 389 g/mol. The summed E-state index contributed by atoms with van der Waals surface area (Å²) in [5, 5.41) is 3.30. The molecule has 116 valence electrons. The molecule has 1 aliphatic heterocycles. The molecule has 1 fully saturated rings. The van der Waals surface area contributed by atoms with Crippen LogP contribution >= 0.6 is 28.1 Å². The topological polar surface area (TPSA) is 41.6 Å². The third kappa shape index (κ3) is 3.00. The van der Waals surface area contributed by atoms with Crippen molar-refractivity contribution in [3.63, 3.8) is 0 Å². The standard InChI is InChI=1S/C17H13BrN2O2S/c1-22-15-9-5-4-8-14(15)20-16(21)13(19-17(20)23)10-11-6-2-3-7-12(11)18/h2-10H,1H3,(H,19,23)/b13-10+. The number of thiocarbonyl (C=S) groups is 1. The van der Waals surface area contributed by atoms with Crippen LogP contribution in [0.3, 0.4) is 0 Å². The van der Waals surface area contributed by atoms with Crippen LogP contribution in [-0.2, 0) is 4.79 Å². The molecule has 3 rings (SSSR count). The number of ether oxygens (including phenoxy) is 1. The fourth-order valence-corrected chi connectivity index (χ4v) is 3.01. The van der Waals surface area contributed by atoms with Gasteiger partial charge in [-0.25, -0.2) is 4.90 Å². The van der Waals surface area contributed by atoms with E-state index >= 15 is 0 Å². The van der Waals surface area contributed by atoms with Gasteiger partial charge in [0.2, 0.25) is 0 Å². The lowest BCUT2D eigenvalue weighted by molar-refractivity contribution is -0.113. The first-order valence-corrected chi connectivity index (χ1v) is 8.06. The molecule has 0 atom stereocenters. The number of nitrogens with zero attached hydrogens (tertiary/aromatic N) is 1. The van der Waals surface area contributed by atoms with Crippen LogP contribution in [0.5, 0.6) is 5.75 Å². The van der Waals surface area contributed by atoms with Crippen molar-refractivity contribution in [3.8, 4) is 5.75 Å². The summed E-state index contributed by atoms with van der Waals surface area (Å²) in [6.45, 7) is 0. The zero-order valence-electron chi connectivity index (χ0n) is 12.2. The van der Waals surface area contributed by atoms with Gasteiger partial charge in [0.1, 0.15) is 11.4 Å². The lowest BCUT2D eigenvalue weighted by Crippen LogP contribution is -2.30. The number of benzene rings is 2. The number of carbonyl (C=O) groups is 1. The molecular weight excluding hydrogens is 376 g/mol. The summed E-state index contributed by atoms with van der Waals surface area (Å²) in [6.07, 6.45) is 1.77. The Morgan fingerprint density at radius 1 is 1.17 bits per heavy atom. The number of amides is 1. The number of nitrogens with one attached hydrogen (secondary N) is 1. The predicted molar refractivity (Wildman–Crippen MR) is 98.3 cm³/mol. The van der Waals surface area contributed by atoms with Crippen molar-refractivity contribution in [1.82, 2.24) is 5.32 Å². The van der Waals surface area contributed by atoms with Crippen LogP contribution in [0.2, 0.25) is 0 Å². The highest BCUT2D eigenvalue weighted by atomic mass is 79.9. The Hall–Kier alpha value is -2.18. The summed E-state index contributed by atoms with van der Waals surface area (Å²) in [4.78, 5) is 14.2. The van der Waals surface area contributed by atoms with Crippen molar-refractivity contribution in [2.75, 3.05) is 12.0 Å². The Morgan fingerprint density at radius 2 is 1.87 bits per heavy atom. The SMILES string of the molecule is COc1ccccc1N1C(=O)/C(=C\c2ccccc2Br)NC1=S. The third-order valence-electron chi connectivity index (χ3n) is 3.41. The van der Waals surface area contributed by atoms with Crippen molar-refractivity contribution >= 4 is 50.9 Å². The number of rotatable bonds is 3. The molecule has 0 aliphatic carbocycles. The molecule has 0 saturated carbocycles. The van der Waals surface area contributed by atoms with Crippen LogP contribution < -0.4 is 15.0 Å². The van der Waals surface area contributed by atoms with E-state index in [4.69, 9.17) is 17.0 Å². The Balaban J connectivity index is 1.99. The van der Waals surface area contributed by atoms with E-state index < -0.39 is 0 Å². The lowest BCUT2D eigenvalue weighted by atomic mass is 10.2. The molecule has 0 aromatic heterocycles. The highest BCUT2D eigenvalue weighted by Gasteiger charge is 2.33. The maximum Gasteiger partial charge on any atom is 0.281 e. The van der Waals surface area contributed by atoms with E-state index in [1.807, 2.05) is 36.4 Å². The number of carbonyl (C=O) groups excluding carboxylic acids is 1. The highest BCUT2D eigenvalue weighted by molar-refractivity contribution is 9.10. The van der Waals surface area contributed by atoms with Crippen molar-refractivity contribution in [2.24, 2.45) is 0 Å². The minimum atomic E-state index is -0.213. The van der Waals surface area contributed by atoms with Gasteiger partial charge in [-0.2, -0.15) is 0 Å². The summed E-state index contributed by atoms with van der Waals surface area (Å²) in [7, 11) is 1.56. The summed E-state index contributed by atoms with van der Waals surface area (Å²) in [6, 6.07) is 14.9. The van der Waals surface area contributed by atoms with Gasteiger partial charge in [0.05, 0.1) is 12.8 Å². The summed E-state index contributed by atoms with van der Waals surface area (Å²) in [5.41, 5.74) is 1.94. The van der Waals surface area contributed by atoms with Gasteiger partial charge in [0.15, 0.2) is 5.11 Å². The highest BCUT2D eigenvalue weighted by Crippen LogP contribution is 2.31. The van der Waals surface area contributed by atoms with Crippen LogP contribution in [0.4, 0.5) is 5.69 Å². The monoisotopic (exact) mass is 388 g/mol. The van der Waals surface area contributed by atoms with Gasteiger partial charge in [0.25, 0.3) is 5.91 Å². The predicted octanol–water partition coefficient (Wildman–Crippen LogP) is 3.72. The fourth-order valence-electron chi connectivity index (χ4n) is 2.32. The second-order valence-electron chi connectivity index (χ2n) is 4.82. The smallest absolute Gasteiger partial charge is 0.281 e. The Bertz CT molecular complexity index is 820. The number of methoxy groups -OCH3 is 1. The lowest BCUT2D eigenvalue weighted by Gasteiger charge is -2.17. The van der Waals surface area contributed by atoms with Gasteiger partial charge in [-0.3, -0.25) is 4.79 Å². The fraction of sp³-hybridized carbons (Fsp3) is 0.0588. The van der Waals surface area contributed by atoms with Gasteiger partial charge in [-0.05, 0) is 42.1 Å². The van der Waals surface area contributed by atoms with Gasteiger partial charge >= 0.3 is 0 Å². The van der Waals surface area contributed by atoms with Gasteiger partial charge in [-0.15, -0.1) is 0 Å². The zero-order chi connectivity index (χ0) is 16.4. The minimum Gasteiger partial charge on any atom is -0.495 e. The van der Waals surface area contributed by atoms with Crippen LogP contribution in [0.25, 0.3) is 6.08 Å². The zero-order valence-corrected chi connectivity index (χ0v) is 14.6. The molecule has 4 nitrogen and oxygen atoms in total. The Labute approximate surface area is 147 Å². The van der Waals surface area contributed by atoms with E-state index in [1.54, 1.807) is 25.3 Å². The Morgan fingerprint density at radius 3 is 2.61 bits per heavy atom. The molecule has 2 aromatic rings. The molecule has 1 aliphatic rings. The van der Waals surface area contributed by atoms with E-state index in [9.17, 15) is 4.79 Å². The molecule has 6 heteroatoms. The first-order valence-electron chi connectivity index (χ1n) is 6.86. The summed E-state index contributed by atoms with van der Waals surface area (Å²) >= 11 is 8.79. The molecule has 0 unspecified atom stereocenters. The molecule has 1 heterocycles. The number of anilines is 1. The summed E-state index contributed by atoms with van der Waals surface area (Å²) in [5.74, 6) is 0.377. The second kappa shape index (κ2) is 6.52. The van der Waals surface area contributed by atoms with Crippen molar-refractivity contribution in [2.45, 2.75) is 0 Å². The minimum absolute atomic E-state index is 0.213. The number of hydrogen-bond donors (Lipinski definition) is 1. The number of halogens is 1. The molecule has 0 spiro atoms. The molecule has 0 bridgehead atoms. The molecule has 0 radical (unpaired) electrons. The van der Waals surface area contributed by atoms with Crippen molar-refractivity contribution in [1.29, 1.82) is 0 Å². The maximum atomic E-state index is 12.7. The van der Waals surface area contributed by atoms with E-state index in [0.29, 0.717) is 22.2 Å². The van der Waals surface area contributed by atoms with Crippen LogP contribution in [0.1, 0.15) is 5.56 Å². The van der Waals surface area contributed by atoms with Gasteiger partial charge in [-0.1, -0.05) is 46.3 Å². The van der Waals surface area contributed by atoms with Crippen molar-refractivity contribution in [3.05, 3.63) is 64.3 Å². The van der Waals surface area contributed by atoms with Crippen LogP contribution in [0, 0.1) is 0 Å². The van der Waals surface area contributed by atoms with E-state index in [-0.39, 0.29) is 5.91 Å². The molecular formula is C17H13BrN2O2S. The largest absolute Gasteiger partial charge is 0.495 e. The molecule has 1 saturated heterocycles. The number of para-hydroxylation sites is 2. The summed E-state index contributed by atoms with van der Waals surface area (Å²) < 4.78 is 6.23. The van der Waals surface area contributed by atoms with Gasteiger partial charge in [0, 0.05) is 4.47 Å². The van der Waals surface area contributed by atoms with E-state index in [2.05, 4.69) is 21.2 Å². The van der Waals surface area contributed by atoms with Gasteiger partial charge < -0.3 is 10.1 Å². The first kappa shape index (κ1) is 15.7. The first-order chi connectivity index (χ1) is 11.1. The third-order valence-corrected chi connectivity index (χ3v) is 4.42.